The molecule has 29 heavy (non-hydrogen) atoms. The maximum absolute atomic E-state index is 13.1. The van der Waals surface area contributed by atoms with Crippen molar-refractivity contribution in [2.75, 3.05) is 20.3 Å². The third-order valence-corrected chi connectivity index (χ3v) is 5.42. The van der Waals surface area contributed by atoms with E-state index in [0.717, 1.165) is 10.6 Å². The molecule has 1 heterocycles. The molecule has 2 aromatic carbocycles. The van der Waals surface area contributed by atoms with E-state index in [1.165, 1.54) is 16.7 Å². The van der Waals surface area contributed by atoms with Crippen LogP contribution in [0.1, 0.15) is 25.8 Å². The monoisotopic (exact) mass is 411 g/mol. The Morgan fingerprint density at radius 3 is 2.28 bits per heavy atom. The maximum Gasteiger partial charge on any atom is 0.268 e. The maximum atomic E-state index is 13.1. The number of methoxy groups -OCH3 is 1. The van der Waals surface area contributed by atoms with Crippen molar-refractivity contribution in [1.29, 1.82) is 0 Å². The van der Waals surface area contributed by atoms with E-state index in [1.54, 1.807) is 7.11 Å². The van der Waals surface area contributed by atoms with Gasteiger partial charge in [-0.2, -0.15) is 0 Å². The zero-order valence-corrected chi connectivity index (χ0v) is 17.7. The average molecular weight is 412 g/mol. The second kappa shape index (κ2) is 9.76. The minimum Gasteiger partial charge on any atom is -0.491 e. The molecule has 0 fully saturated rings. The van der Waals surface area contributed by atoms with E-state index in [4.69, 9.17) is 9.47 Å². The van der Waals surface area contributed by atoms with Crippen LogP contribution < -0.4 is 4.74 Å². The van der Waals surface area contributed by atoms with Gasteiger partial charge in [0.05, 0.1) is 16.6 Å². The minimum atomic E-state index is -0.262. The van der Waals surface area contributed by atoms with Crippen LogP contribution in [-0.2, 0) is 14.3 Å². The van der Waals surface area contributed by atoms with Crippen molar-refractivity contribution >= 4 is 29.1 Å². The summed E-state index contributed by atoms with van der Waals surface area (Å²) >= 11 is 1.33. The van der Waals surface area contributed by atoms with Gasteiger partial charge in [0.2, 0.25) is 0 Å². The van der Waals surface area contributed by atoms with Crippen molar-refractivity contribution < 1.29 is 19.1 Å². The van der Waals surface area contributed by atoms with Crippen molar-refractivity contribution in [2.24, 2.45) is 0 Å². The second-order valence-corrected chi connectivity index (χ2v) is 8.00. The first-order valence-corrected chi connectivity index (χ1v) is 10.4. The van der Waals surface area contributed by atoms with Crippen LogP contribution in [0.4, 0.5) is 0 Å². The number of nitrogens with zero attached hydrogens (tertiary/aromatic N) is 1. The van der Waals surface area contributed by atoms with E-state index >= 15 is 0 Å². The molecule has 0 aliphatic carbocycles. The number of carbonyl (C=O) groups excluding carboxylic acids is 2. The highest BCUT2D eigenvalue weighted by Crippen LogP contribution is 2.40. The van der Waals surface area contributed by atoms with Gasteiger partial charge in [0.1, 0.15) is 5.75 Å². The number of carbonyl (C=O) groups is 2. The van der Waals surface area contributed by atoms with Crippen molar-refractivity contribution in [2.45, 2.75) is 31.3 Å². The van der Waals surface area contributed by atoms with Crippen LogP contribution in [-0.4, -0.2) is 43.1 Å². The Morgan fingerprint density at radius 1 is 0.966 bits per heavy atom. The van der Waals surface area contributed by atoms with E-state index in [1.807, 2.05) is 68.4 Å². The van der Waals surface area contributed by atoms with E-state index in [-0.39, 0.29) is 17.9 Å². The third kappa shape index (κ3) is 5.08. The molecule has 6 heteroatoms. The largest absolute Gasteiger partial charge is 0.491 e. The predicted octanol–water partition coefficient (Wildman–Crippen LogP) is 4.38. The Bertz CT molecular complexity index is 891. The van der Waals surface area contributed by atoms with Crippen LogP contribution in [0, 0.1) is 0 Å². The molecule has 0 radical (unpaired) electrons. The number of ether oxygens (including phenoxy) is 2. The number of benzene rings is 2. The Kier molecular flexibility index (Phi) is 7.12. The number of rotatable bonds is 9. The molecule has 1 aliphatic rings. The van der Waals surface area contributed by atoms with Gasteiger partial charge in [0.25, 0.3) is 11.8 Å². The SMILES string of the molecule is COCCCN1C(=O)C(Sc2ccccc2)=C(c2ccc(OC(C)C)cc2)C1=O. The Morgan fingerprint density at radius 2 is 1.66 bits per heavy atom. The highest BCUT2D eigenvalue weighted by Gasteiger charge is 2.39. The molecule has 0 N–H and O–H groups in total. The summed E-state index contributed by atoms with van der Waals surface area (Å²) in [4.78, 5) is 28.9. The van der Waals surface area contributed by atoms with Crippen molar-refractivity contribution in [3.8, 4) is 5.75 Å². The van der Waals surface area contributed by atoms with Gasteiger partial charge in [-0.05, 0) is 50.1 Å². The number of hydrogen-bond acceptors (Lipinski definition) is 5. The van der Waals surface area contributed by atoms with Gasteiger partial charge in [0.15, 0.2) is 0 Å². The fourth-order valence-corrected chi connectivity index (χ4v) is 4.09. The summed E-state index contributed by atoms with van der Waals surface area (Å²) in [6.45, 7) is 4.75. The molecule has 2 aromatic rings. The van der Waals surface area contributed by atoms with E-state index in [2.05, 4.69) is 0 Å². The molecule has 0 saturated carbocycles. The first kappa shape index (κ1) is 21.1. The number of amides is 2. The van der Waals surface area contributed by atoms with Crippen LogP contribution in [0.25, 0.3) is 5.57 Å². The second-order valence-electron chi connectivity index (χ2n) is 6.92. The number of hydrogen-bond donors (Lipinski definition) is 0. The third-order valence-electron chi connectivity index (χ3n) is 4.33. The van der Waals surface area contributed by atoms with Crippen LogP contribution in [0.3, 0.4) is 0 Å². The highest BCUT2D eigenvalue weighted by molar-refractivity contribution is 8.04. The van der Waals surface area contributed by atoms with Gasteiger partial charge in [-0.25, -0.2) is 0 Å². The summed E-state index contributed by atoms with van der Waals surface area (Å²) in [5.74, 6) is 0.217. The van der Waals surface area contributed by atoms with Crippen LogP contribution >= 0.6 is 11.8 Å². The van der Waals surface area contributed by atoms with Crippen molar-refractivity contribution in [3.05, 3.63) is 65.1 Å². The zero-order valence-electron chi connectivity index (χ0n) is 16.9. The van der Waals surface area contributed by atoms with Crippen LogP contribution in [0.2, 0.25) is 0 Å². The molecule has 5 nitrogen and oxygen atoms in total. The first-order valence-electron chi connectivity index (χ1n) is 9.60. The molecule has 0 saturated heterocycles. The summed E-state index contributed by atoms with van der Waals surface area (Å²) in [6, 6.07) is 16.9. The number of imide groups is 1. The summed E-state index contributed by atoms with van der Waals surface area (Å²) in [5.41, 5.74) is 1.16. The smallest absolute Gasteiger partial charge is 0.268 e. The zero-order chi connectivity index (χ0) is 20.8. The lowest BCUT2D eigenvalue weighted by Crippen LogP contribution is -2.33. The summed E-state index contributed by atoms with van der Waals surface area (Å²) in [6.07, 6.45) is 0.668. The fraction of sp³-hybridized carbons (Fsp3) is 0.304. The van der Waals surface area contributed by atoms with Crippen LogP contribution in [0.5, 0.6) is 5.75 Å². The van der Waals surface area contributed by atoms with E-state index in [9.17, 15) is 9.59 Å². The Hall–Kier alpha value is -2.57. The summed E-state index contributed by atoms with van der Waals surface area (Å²) in [5, 5.41) is 0. The molecule has 0 bridgehead atoms. The van der Waals surface area contributed by atoms with Gasteiger partial charge in [0, 0.05) is 25.2 Å². The Balaban J connectivity index is 1.94. The lowest BCUT2D eigenvalue weighted by molar-refractivity contribution is -0.136. The molecule has 0 aromatic heterocycles. The van der Waals surface area contributed by atoms with Gasteiger partial charge >= 0.3 is 0 Å². The molecule has 0 atom stereocenters. The molecule has 1 aliphatic heterocycles. The van der Waals surface area contributed by atoms with Crippen molar-refractivity contribution in [1.82, 2.24) is 4.90 Å². The topological polar surface area (TPSA) is 55.8 Å². The highest BCUT2D eigenvalue weighted by atomic mass is 32.2. The molecular formula is C23H25NO4S. The predicted molar refractivity (Wildman–Crippen MR) is 115 cm³/mol. The van der Waals surface area contributed by atoms with Crippen molar-refractivity contribution in [3.63, 3.8) is 0 Å². The molecule has 0 spiro atoms. The van der Waals surface area contributed by atoms with Gasteiger partial charge in [-0.1, -0.05) is 42.1 Å². The molecule has 2 amide bonds. The molecular weight excluding hydrogens is 386 g/mol. The first-order chi connectivity index (χ1) is 14.0. The molecule has 0 unspecified atom stereocenters. The van der Waals surface area contributed by atoms with Crippen LogP contribution in [0.15, 0.2) is 64.4 Å². The summed E-state index contributed by atoms with van der Waals surface area (Å²) < 4.78 is 10.8. The normalized spacial score (nSPS) is 14.3. The van der Waals surface area contributed by atoms with Gasteiger partial charge in [-0.3, -0.25) is 14.5 Å². The minimum absolute atomic E-state index is 0.0650. The lowest BCUT2D eigenvalue weighted by Gasteiger charge is -2.14. The number of thioether (sulfide) groups is 1. The lowest BCUT2D eigenvalue weighted by atomic mass is 10.1. The standard InChI is InChI=1S/C23H25NO4S/c1-16(2)28-18-12-10-17(11-13-18)20-21(29-19-8-5-4-6-9-19)23(26)24(22(20)25)14-7-15-27-3/h4-6,8-13,16H,7,14-15H2,1-3H3. The van der Waals surface area contributed by atoms with Gasteiger partial charge in [-0.15, -0.1) is 0 Å². The Labute approximate surface area is 175 Å². The van der Waals surface area contributed by atoms with Gasteiger partial charge < -0.3 is 9.47 Å². The van der Waals surface area contributed by atoms with E-state index < -0.39 is 0 Å². The van der Waals surface area contributed by atoms with E-state index in [0.29, 0.717) is 35.6 Å². The molecule has 152 valence electrons. The quantitative estimate of drug-likeness (QED) is 0.453. The molecule has 3 rings (SSSR count). The fourth-order valence-electron chi connectivity index (χ4n) is 3.05. The average Bonchev–Trinajstić information content (AvgIpc) is 2.93. The summed E-state index contributed by atoms with van der Waals surface area (Å²) in [7, 11) is 1.61.